The van der Waals surface area contributed by atoms with Gasteiger partial charge < -0.3 is 5.32 Å². The first-order valence-corrected chi connectivity index (χ1v) is 8.56. The second-order valence-corrected chi connectivity index (χ2v) is 7.05. The molecule has 0 fully saturated rings. The molecule has 0 radical (unpaired) electrons. The molecular formula is C16H16F2N2O3S. The fourth-order valence-electron chi connectivity index (χ4n) is 1.80. The molecule has 0 aromatic heterocycles. The lowest BCUT2D eigenvalue weighted by Gasteiger charge is -2.11. The van der Waals surface area contributed by atoms with E-state index < -0.39 is 26.6 Å². The van der Waals surface area contributed by atoms with E-state index in [1.807, 2.05) is 0 Å². The number of nitrogens with one attached hydrogen (secondary N) is 2. The van der Waals surface area contributed by atoms with Crippen LogP contribution in [0.4, 0.5) is 20.2 Å². The number of halogens is 2. The zero-order valence-corrected chi connectivity index (χ0v) is 13.8. The van der Waals surface area contributed by atoms with Crippen LogP contribution in [0.1, 0.15) is 13.8 Å². The second-order valence-electron chi connectivity index (χ2n) is 5.40. The fraction of sp³-hybridized carbons (Fsp3) is 0.188. The molecule has 0 saturated carbocycles. The molecule has 0 heterocycles. The summed E-state index contributed by atoms with van der Waals surface area (Å²) in [5, 5.41) is 2.65. The van der Waals surface area contributed by atoms with Crippen LogP contribution in [0.15, 0.2) is 47.4 Å². The Hall–Kier alpha value is -2.48. The van der Waals surface area contributed by atoms with Gasteiger partial charge in [0.2, 0.25) is 5.91 Å². The molecule has 0 saturated heterocycles. The van der Waals surface area contributed by atoms with Crippen LogP contribution in [0, 0.1) is 17.6 Å². The Kier molecular flexibility index (Phi) is 5.18. The predicted octanol–water partition coefficient (Wildman–Crippen LogP) is 3.36. The normalized spacial score (nSPS) is 11.4. The monoisotopic (exact) mass is 354 g/mol. The zero-order chi connectivity index (χ0) is 17.9. The van der Waals surface area contributed by atoms with Gasteiger partial charge in [-0.15, -0.1) is 0 Å². The number of carbonyl (C=O) groups is 1. The Bertz CT molecular complexity index is 850. The molecule has 5 nitrogen and oxygen atoms in total. The van der Waals surface area contributed by atoms with Crippen LogP contribution in [0.2, 0.25) is 0 Å². The Morgan fingerprint density at radius 1 is 1.00 bits per heavy atom. The lowest BCUT2D eigenvalue weighted by Crippen LogP contribution is -2.18. The maximum absolute atomic E-state index is 13.6. The average molecular weight is 354 g/mol. The lowest BCUT2D eigenvalue weighted by atomic mass is 10.2. The third kappa shape index (κ3) is 4.29. The number of hydrogen-bond acceptors (Lipinski definition) is 3. The van der Waals surface area contributed by atoms with E-state index in [4.69, 9.17) is 0 Å². The van der Waals surface area contributed by atoms with Crippen molar-refractivity contribution in [2.45, 2.75) is 18.7 Å². The maximum atomic E-state index is 13.6. The van der Waals surface area contributed by atoms with Crippen LogP contribution < -0.4 is 10.0 Å². The SMILES string of the molecule is CC(C)C(=O)Nc1ccc(NS(=O)(=O)c2cc(F)ccc2F)cc1. The standard InChI is InChI=1S/C16H16F2N2O3S/c1-10(2)16(21)19-12-4-6-13(7-5-12)20-24(22,23)15-9-11(17)3-8-14(15)18/h3-10,20H,1-2H3,(H,19,21). The van der Waals surface area contributed by atoms with Crippen molar-refractivity contribution in [1.29, 1.82) is 0 Å². The minimum atomic E-state index is -4.27. The van der Waals surface area contributed by atoms with Gasteiger partial charge in [0.05, 0.1) is 0 Å². The number of sulfonamides is 1. The highest BCUT2D eigenvalue weighted by Gasteiger charge is 2.20. The highest BCUT2D eigenvalue weighted by molar-refractivity contribution is 7.92. The fourth-order valence-corrected chi connectivity index (χ4v) is 2.95. The van der Waals surface area contributed by atoms with Gasteiger partial charge in [0.1, 0.15) is 16.5 Å². The van der Waals surface area contributed by atoms with Crippen molar-refractivity contribution in [3.05, 3.63) is 54.1 Å². The van der Waals surface area contributed by atoms with E-state index in [9.17, 15) is 22.0 Å². The molecule has 8 heteroatoms. The number of hydrogen-bond donors (Lipinski definition) is 2. The topological polar surface area (TPSA) is 75.3 Å². The number of rotatable bonds is 5. The van der Waals surface area contributed by atoms with Crippen LogP contribution in [0.3, 0.4) is 0 Å². The summed E-state index contributed by atoms with van der Waals surface area (Å²) < 4.78 is 53.2. The van der Waals surface area contributed by atoms with Gasteiger partial charge in [0.25, 0.3) is 10.0 Å². The summed E-state index contributed by atoms with van der Waals surface area (Å²) in [7, 11) is -4.27. The Balaban J connectivity index is 2.18. The summed E-state index contributed by atoms with van der Waals surface area (Å²) in [6, 6.07) is 8.00. The molecule has 2 N–H and O–H groups in total. The molecule has 24 heavy (non-hydrogen) atoms. The van der Waals surface area contributed by atoms with Crippen LogP contribution in [-0.2, 0) is 14.8 Å². The molecule has 0 aliphatic heterocycles. The van der Waals surface area contributed by atoms with Gasteiger partial charge in [0.15, 0.2) is 0 Å². The molecule has 2 rings (SSSR count). The van der Waals surface area contributed by atoms with E-state index in [-0.39, 0.29) is 17.5 Å². The van der Waals surface area contributed by atoms with Crippen molar-refractivity contribution in [2.24, 2.45) is 5.92 Å². The van der Waals surface area contributed by atoms with Crippen molar-refractivity contribution in [1.82, 2.24) is 0 Å². The van der Waals surface area contributed by atoms with Crippen molar-refractivity contribution in [2.75, 3.05) is 10.0 Å². The van der Waals surface area contributed by atoms with Gasteiger partial charge in [-0.25, -0.2) is 17.2 Å². The highest BCUT2D eigenvalue weighted by atomic mass is 32.2. The first-order chi connectivity index (χ1) is 11.2. The molecule has 2 aromatic carbocycles. The van der Waals surface area contributed by atoms with Gasteiger partial charge in [-0.2, -0.15) is 0 Å². The molecule has 1 amide bonds. The molecule has 128 valence electrons. The van der Waals surface area contributed by atoms with E-state index in [1.54, 1.807) is 13.8 Å². The highest BCUT2D eigenvalue weighted by Crippen LogP contribution is 2.21. The molecule has 0 atom stereocenters. The Labute approximate surface area is 138 Å². The van der Waals surface area contributed by atoms with Gasteiger partial charge in [-0.05, 0) is 42.5 Å². The Morgan fingerprint density at radius 3 is 2.17 bits per heavy atom. The Morgan fingerprint density at radius 2 is 1.58 bits per heavy atom. The van der Waals surface area contributed by atoms with Crippen molar-refractivity contribution in [3.63, 3.8) is 0 Å². The number of benzene rings is 2. The van der Waals surface area contributed by atoms with Gasteiger partial charge >= 0.3 is 0 Å². The smallest absolute Gasteiger partial charge is 0.264 e. The predicted molar refractivity (Wildman–Crippen MR) is 87.1 cm³/mol. The number of carbonyl (C=O) groups excluding carboxylic acids is 1. The third-order valence-corrected chi connectivity index (χ3v) is 4.51. The molecule has 0 bridgehead atoms. The average Bonchev–Trinajstić information content (AvgIpc) is 2.51. The second kappa shape index (κ2) is 6.96. The van der Waals surface area contributed by atoms with Crippen molar-refractivity contribution in [3.8, 4) is 0 Å². The summed E-state index contributed by atoms with van der Waals surface area (Å²) in [6.07, 6.45) is 0. The summed E-state index contributed by atoms with van der Waals surface area (Å²) >= 11 is 0. The zero-order valence-electron chi connectivity index (χ0n) is 13.0. The molecule has 0 aliphatic carbocycles. The third-order valence-electron chi connectivity index (χ3n) is 3.11. The van der Waals surface area contributed by atoms with E-state index in [0.29, 0.717) is 11.8 Å². The number of anilines is 2. The molecule has 0 unspecified atom stereocenters. The quantitative estimate of drug-likeness (QED) is 0.864. The molecule has 0 aliphatic rings. The number of amides is 1. The minimum absolute atomic E-state index is 0.154. The van der Waals surface area contributed by atoms with E-state index in [1.165, 1.54) is 24.3 Å². The van der Waals surface area contributed by atoms with E-state index in [0.717, 1.165) is 12.1 Å². The van der Waals surface area contributed by atoms with Crippen molar-refractivity contribution >= 4 is 27.3 Å². The summed E-state index contributed by atoms with van der Waals surface area (Å²) in [5.41, 5.74) is 0.648. The van der Waals surface area contributed by atoms with Gasteiger partial charge in [-0.1, -0.05) is 13.8 Å². The largest absolute Gasteiger partial charge is 0.326 e. The lowest BCUT2D eigenvalue weighted by molar-refractivity contribution is -0.118. The van der Waals surface area contributed by atoms with Crippen LogP contribution in [0.25, 0.3) is 0 Å². The first-order valence-electron chi connectivity index (χ1n) is 7.08. The minimum Gasteiger partial charge on any atom is -0.326 e. The van der Waals surface area contributed by atoms with E-state index in [2.05, 4.69) is 10.0 Å². The summed E-state index contributed by atoms with van der Waals surface area (Å²) in [4.78, 5) is 10.8. The maximum Gasteiger partial charge on any atom is 0.264 e. The van der Waals surface area contributed by atoms with Gasteiger partial charge in [0, 0.05) is 17.3 Å². The van der Waals surface area contributed by atoms with E-state index >= 15 is 0 Å². The first kappa shape index (κ1) is 17.9. The molecule has 0 spiro atoms. The summed E-state index contributed by atoms with van der Waals surface area (Å²) in [5.74, 6) is -2.28. The van der Waals surface area contributed by atoms with Crippen LogP contribution in [-0.4, -0.2) is 14.3 Å². The summed E-state index contributed by atoms with van der Waals surface area (Å²) in [6.45, 7) is 3.48. The van der Waals surface area contributed by atoms with Gasteiger partial charge in [-0.3, -0.25) is 9.52 Å². The van der Waals surface area contributed by atoms with Crippen molar-refractivity contribution < 1.29 is 22.0 Å². The molecule has 2 aromatic rings. The molecular weight excluding hydrogens is 338 g/mol. The van der Waals surface area contributed by atoms with Crippen LogP contribution in [0.5, 0.6) is 0 Å². The van der Waals surface area contributed by atoms with Crippen LogP contribution >= 0.6 is 0 Å².